The first kappa shape index (κ1) is 18.0. The second-order valence-corrected chi connectivity index (χ2v) is 8.95. The van der Waals surface area contributed by atoms with E-state index in [4.69, 9.17) is 23.8 Å². The molecule has 0 aliphatic carbocycles. The van der Waals surface area contributed by atoms with Crippen LogP contribution in [0.15, 0.2) is 34.4 Å². The molecule has 1 aliphatic heterocycles. The standard InChI is InChI=1S/C18H16ClN3OS3/c19-13-6-2-1-5-11(13)12-9-25-17-15(12)16(23)20-14(21-17)10-26-18(24)22-7-3-4-8-22/h1-2,5-6,9H,3-4,7-8,10H2,(H,20,21,23). The molecule has 1 fully saturated rings. The molecular formula is C18H16ClN3OS3. The number of thiocarbonyl (C=S) groups is 1. The minimum absolute atomic E-state index is 0.131. The molecule has 8 heteroatoms. The number of aromatic nitrogens is 2. The van der Waals surface area contributed by atoms with E-state index >= 15 is 0 Å². The summed E-state index contributed by atoms with van der Waals surface area (Å²) in [5.74, 6) is 1.22. The van der Waals surface area contributed by atoms with E-state index in [2.05, 4.69) is 14.9 Å². The fraction of sp³-hybridized carbons (Fsp3) is 0.278. The quantitative estimate of drug-likeness (QED) is 0.608. The molecule has 134 valence electrons. The number of hydrogen-bond acceptors (Lipinski definition) is 5. The van der Waals surface area contributed by atoms with Crippen molar-refractivity contribution in [1.82, 2.24) is 14.9 Å². The van der Waals surface area contributed by atoms with Crippen LogP contribution in [0.25, 0.3) is 21.3 Å². The Kier molecular flexibility index (Phi) is 5.31. The number of benzene rings is 1. The molecule has 0 amide bonds. The van der Waals surface area contributed by atoms with Gasteiger partial charge in [-0.3, -0.25) is 4.79 Å². The second kappa shape index (κ2) is 7.68. The minimum atomic E-state index is -0.131. The number of fused-ring (bicyclic) bond motifs is 1. The Morgan fingerprint density at radius 1 is 1.31 bits per heavy atom. The molecule has 3 aromatic rings. The molecule has 1 aliphatic rings. The molecule has 3 heterocycles. The molecule has 1 saturated heterocycles. The predicted octanol–water partition coefficient (Wildman–Crippen LogP) is 4.92. The number of hydrogen-bond donors (Lipinski definition) is 1. The van der Waals surface area contributed by atoms with Crippen molar-refractivity contribution < 1.29 is 0 Å². The largest absolute Gasteiger partial charge is 0.358 e. The number of nitrogens with one attached hydrogen (secondary N) is 1. The van der Waals surface area contributed by atoms with E-state index in [1.807, 2.05) is 29.6 Å². The van der Waals surface area contributed by atoms with Gasteiger partial charge in [-0.2, -0.15) is 0 Å². The number of nitrogens with zero attached hydrogens (tertiary/aromatic N) is 2. The Balaban J connectivity index is 1.61. The van der Waals surface area contributed by atoms with Gasteiger partial charge in [0.1, 0.15) is 15.0 Å². The van der Waals surface area contributed by atoms with Crippen LogP contribution in [-0.2, 0) is 5.75 Å². The number of thioether (sulfide) groups is 1. The first-order valence-corrected chi connectivity index (χ1v) is 11.0. The molecular weight excluding hydrogens is 406 g/mol. The SMILES string of the molecule is O=c1[nH]c(CSC(=S)N2CCCC2)nc2scc(-c3ccccc3Cl)c12. The topological polar surface area (TPSA) is 49.0 Å². The number of thiophene rings is 1. The van der Waals surface area contributed by atoms with Crippen LogP contribution < -0.4 is 5.56 Å². The summed E-state index contributed by atoms with van der Waals surface area (Å²) >= 11 is 14.8. The maximum atomic E-state index is 12.7. The van der Waals surface area contributed by atoms with Crippen molar-refractivity contribution in [2.24, 2.45) is 0 Å². The van der Waals surface area contributed by atoms with E-state index in [0.29, 0.717) is 22.0 Å². The summed E-state index contributed by atoms with van der Waals surface area (Å²) in [5, 5.41) is 3.17. The van der Waals surface area contributed by atoms with Crippen LogP contribution in [0.2, 0.25) is 5.02 Å². The highest BCUT2D eigenvalue weighted by molar-refractivity contribution is 8.22. The van der Waals surface area contributed by atoms with E-state index < -0.39 is 0 Å². The normalized spacial score (nSPS) is 14.3. The highest BCUT2D eigenvalue weighted by Gasteiger charge is 2.17. The molecule has 0 radical (unpaired) electrons. The van der Waals surface area contributed by atoms with Gasteiger partial charge in [0.05, 0.1) is 11.1 Å². The van der Waals surface area contributed by atoms with Gasteiger partial charge >= 0.3 is 0 Å². The van der Waals surface area contributed by atoms with Crippen LogP contribution in [0.5, 0.6) is 0 Å². The van der Waals surface area contributed by atoms with Gasteiger partial charge in [-0.1, -0.05) is 53.8 Å². The lowest BCUT2D eigenvalue weighted by molar-refractivity contribution is 0.539. The van der Waals surface area contributed by atoms with Gasteiger partial charge in [-0.05, 0) is 18.9 Å². The van der Waals surface area contributed by atoms with Crippen LogP contribution >= 0.6 is 46.9 Å². The third kappa shape index (κ3) is 3.53. The fourth-order valence-corrected chi connectivity index (χ4v) is 5.38. The molecule has 4 rings (SSSR count). The van der Waals surface area contributed by atoms with Crippen LogP contribution in [0, 0.1) is 0 Å². The van der Waals surface area contributed by atoms with Gasteiger partial charge in [0, 0.05) is 34.6 Å². The van der Waals surface area contributed by atoms with Crippen molar-refractivity contribution in [2.75, 3.05) is 13.1 Å². The van der Waals surface area contributed by atoms with E-state index in [0.717, 1.165) is 33.4 Å². The molecule has 1 aromatic carbocycles. The number of H-pyrrole nitrogens is 1. The molecule has 0 bridgehead atoms. The Labute approximate surface area is 169 Å². The van der Waals surface area contributed by atoms with Crippen LogP contribution in [0.3, 0.4) is 0 Å². The van der Waals surface area contributed by atoms with Crippen molar-refractivity contribution in [3.8, 4) is 11.1 Å². The molecule has 2 aromatic heterocycles. The average molecular weight is 422 g/mol. The molecule has 1 N–H and O–H groups in total. The highest BCUT2D eigenvalue weighted by Crippen LogP contribution is 2.35. The monoisotopic (exact) mass is 421 g/mol. The van der Waals surface area contributed by atoms with Crippen molar-refractivity contribution in [3.63, 3.8) is 0 Å². The Morgan fingerprint density at radius 2 is 2.08 bits per heavy atom. The van der Waals surface area contributed by atoms with Gasteiger partial charge in [0.15, 0.2) is 0 Å². The Morgan fingerprint density at radius 3 is 2.85 bits per heavy atom. The van der Waals surface area contributed by atoms with E-state index in [9.17, 15) is 4.79 Å². The molecule has 0 unspecified atom stereocenters. The second-order valence-electron chi connectivity index (χ2n) is 6.07. The third-order valence-electron chi connectivity index (χ3n) is 4.35. The van der Waals surface area contributed by atoms with Crippen molar-refractivity contribution >= 4 is 61.5 Å². The zero-order valence-electron chi connectivity index (χ0n) is 13.8. The first-order valence-electron chi connectivity index (χ1n) is 8.30. The maximum absolute atomic E-state index is 12.7. The van der Waals surface area contributed by atoms with Crippen molar-refractivity contribution in [2.45, 2.75) is 18.6 Å². The summed E-state index contributed by atoms with van der Waals surface area (Å²) in [6.07, 6.45) is 2.39. The van der Waals surface area contributed by atoms with E-state index in [-0.39, 0.29) is 5.56 Å². The lowest BCUT2D eigenvalue weighted by Gasteiger charge is -2.17. The summed E-state index contributed by atoms with van der Waals surface area (Å²) < 4.78 is 0.883. The van der Waals surface area contributed by atoms with Gasteiger partial charge < -0.3 is 9.88 Å². The summed E-state index contributed by atoms with van der Waals surface area (Å²) in [6.45, 7) is 2.06. The number of rotatable bonds is 3. The minimum Gasteiger partial charge on any atom is -0.358 e. The summed E-state index contributed by atoms with van der Waals surface area (Å²) in [6, 6.07) is 7.53. The first-order chi connectivity index (χ1) is 12.6. The lowest BCUT2D eigenvalue weighted by Crippen LogP contribution is -2.23. The van der Waals surface area contributed by atoms with Gasteiger partial charge in [-0.25, -0.2) is 4.98 Å². The summed E-state index contributed by atoms with van der Waals surface area (Å²) in [5.41, 5.74) is 1.55. The predicted molar refractivity (Wildman–Crippen MR) is 115 cm³/mol. The van der Waals surface area contributed by atoms with Gasteiger partial charge in [0.2, 0.25) is 0 Å². The molecule has 0 atom stereocenters. The summed E-state index contributed by atoms with van der Waals surface area (Å²) in [4.78, 5) is 23.2. The molecule has 26 heavy (non-hydrogen) atoms. The van der Waals surface area contributed by atoms with Crippen molar-refractivity contribution in [3.05, 3.63) is 50.8 Å². The fourth-order valence-electron chi connectivity index (χ4n) is 3.06. The van der Waals surface area contributed by atoms with E-state index in [1.165, 1.54) is 24.2 Å². The maximum Gasteiger partial charge on any atom is 0.260 e. The summed E-state index contributed by atoms with van der Waals surface area (Å²) in [7, 11) is 0. The van der Waals surface area contributed by atoms with Crippen LogP contribution in [-0.4, -0.2) is 32.3 Å². The highest BCUT2D eigenvalue weighted by atomic mass is 35.5. The Bertz CT molecular complexity index is 1020. The zero-order valence-corrected chi connectivity index (χ0v) is 17.0. The van der Waals surface area contributed by atoms with Crippen LogP contribution in [0.4, 0.5) is 0 Å². The number of likely N-dealkylation sites (tertiary alicyclic amines) is 1. The lowest BCUT2D eigenvalue weighted by atomic mass is 10.1. The van der Waals surface area contributed by atoms with Crippen LogP contribution in [0.1, 0.15) is 18.7 Å². The molecule has 0 spiro atoms. The third-order valence-corrected chi connectivity index (χ3v) is 7.09. The van der Waals surface area contributed by atoms with Gasteiger partial charge in [0.25, 0.3) is 5.56 Å². The Hall–Kier alpha value is -1.41. The number of aromatic amines is 1. The number of halogens is 1. The molecule has 4 nitrogen and oxygen atoms in total. The van der Waals surface area contributed by atoms with Gasteiger partial charge in [-0.15, -0.1) is 11.3 Å². The molecule has 0 saturated carbocycles. The zero-order chi connectivity index (χ0) is 18.1. The van der Waals surface area contributed by atoms with Crippen molar-refractivity contribution in [1.29, 1.82) is 0 Å². The smallest absolute Gasteiger partial charge is 0.260 e. The van der Waals surface area contributed by atoms with E-state index in [1.54, 1.807) is 11.8 Å². The average Bonchev–Trinajstić information content (AvgIpc) is 3.30.